The molecule has 0 aliphatic rings. The number of amides is 1. The van der Waals surface area contributed by atoms with E-state index in [0.29, 0.717) is 18.5 Å². The van der Waals surface area contributed by atoms with Crippen LogP contribution in [0.3, 0.4) is 0 Å². The predicted octanol–water partition coefficient (Wildman–Crippen LogP) is 1.83. The highest BCUT2D eigenvalue weighted by Crippen LogP contribution is 2.20. The molecule has 0 heterocycles. The second-order valence-corrected chi connectivity index (χ2v) is 4.01. The predicted molar refractivity (Wildman–Crippen MR) is 72.4 cm³/mol. The third-order valence-corrected chi connectivity index (χ3v) is 2.44. The maximum atomic E-state index is 11.0. The van der Waals surface area contributed by atoms with Gasteiger partial charge in [0.2, 0.25) is 5.91 Å². The van der Waals surface area contributed by atoms with Crippen LogP contribution in [0.1, 0.15) is 29.3 Å². The van der Waals surface area contributed by atoms with E-state index in [0.717, 1.165) is 6.07 Å². The molecule has 0 fully saturated rings. The molecule has 1 amide bonds. The van der Waals surface area contributed by atoms with Gasteiger partial charge in [-0.25, -0.2) is 4.79 Å². The number of benzene rings is 1. The number of aromatic carboxylic acids is 1. The van der Waals surface area contributed by atoms with Crippen molar-refractivity contribution < 1.29 is 19.6 Å². The smallest absolute Gasteiger partial charge is 0.342 e. The molecule has 2 N–H and O–H groups in total. The van der Waals surface area contributed by atoms with E-state index < -0.39 is 16.6 Å². The van der Waals surface area contributed by atoms with Crippen molar-refractivity contribution in [1.82, 2.24) is 5.32 Å². The third-order valence-electron chi connectivity index (χ3n) is 2.44. The zero-order chi connectivity index (χ0) is 15.1. The van der Waals surface area contributed by atoms with Crippen LogP contribution in [0.15, 0.2) is 24.3 Å². The summed E-state index contributed by atoms with van der Waals surface area (Å²) in [6.45, 7) is 1.89. The van der Waals surface area contributed by atoms with Crippen LogP contribution in [0.2, 0.25) is 0 Å². The minimum atomic E-state index is -1.34. The fourth-order valence-electron chi connectivity index (χ4n) is 1.54. The number of carbonyl (C=O) groups excluding carboxylic acids is 1. The summed E-state index contributed by atoms with van der Waals surface area (Å²) in [5.74, 6) is -1.47. The van der Waals surface area contributed by atoms with Crippen molar-refractivity contribution >= 4 is 23.6 Å². The second kappa shape index (κ2) is 7.03. The molecule has 1 rings (SSSR count). The van der Waals surface area contributed by atoms with Gasteiger partial charge in [-0.05, 0) is 24.1 Å². The first-order valence-electron chi connectivity index (χ1n) is 5.84. The number of rotatable bonds is 6. The quantitative estimate of drug-likeness (QED) is 0.468. The van der Waals surface area contributed by atoms with Gasteiger partial charge in [0.25, 0.3) is 5.69 Å². The molecule has 0 radical (unpaired) electrons. The minimum Gasteiger partial charge on any atom is -0.477 e. The number of nitrogens with one attached hydrogen (secondary N) is 1. The Balaban J connectivity index is 2.79. The molecule has 0 spiro atoms. The summed E-state index contributed by atoms with van der Waals surface area (Å²) in [5, 5.41) is 22.2. The molecule has 0 atom stereocenters. The van der Waals surface area contributed by atoms with Crippen LogP contribution in [0.25, 0.3) is 6.08 Å². The van der Waals surface area contributed by atoms with Gasteiger partial charge in [-0.1, -0.05) is 12.2 Å². The first-order valence-corrected chi connectivity index (χ1v) is 5.84. The number of hydrogen-bond acceptors (Lipinski definition) is 4. The molecule has 0 aromatic heterocycles. The molecule has 106 valence electrons. The van der Waals surface area contributed by atoms with Crippen molar-refractivity contribution in [2.75, 3.05) is 6.54 Å². The second-order valence-electron chi connectivity index (χ2n) is 4.01. The highest BCUT2D eigenvalue weighted by molar-refractivity contribution is 5.93. The van der Waals surface area contributed by atoms with Crippen LogP contribution in [0.4, 0.5) is 5.69 Å². The van der Waals surface area contributed by atoms with Crippen molar-refractivity contribution in [2.24, 2.45) is 0 Å². The maximum Gasteiger partial charge on any atom is 0.342 e. The van der Waals surface area contributed by atoms with Crippen molar-refractivity contribution in [3.8, 4) is 0 Å². The van der Waals surface area contributed by atoms with Gasteiger partial charge in [0.1, 0.15) is 5.56 Å². The van der Waals surface area contributed by atoms with Gasteiger partial charge in [-0.2, -0.15) is 0 Å². The molecular formula is C13H14N2O5. The van der Waals surface area contributed by atoms with E-state index in [1.165, 1.54) is 19.1 Å². The van der Waals surface area contributed by atoms with Crippen LogP contribution >= 0.6 is 0 Å². The van der Waals surface area contributed by atoms with E-state index in [-0.39, 0.29) is 11.5 Å². The van der Waals surface area contributed by atoms with E-state index in [2.05, 4.69) is 5.32 Å². The zero-order valence-electron chi connectivity index (χ0n) is 10.8. The SMILES string of the molecule is CC(=O)NCCC=Cc1ccc([N+](=O)[O-])c(C(=O)O)c1. The van der Waals surface area contributed by atoms with E-state index >= 15 is 0 Å². The molecule has 20 heavy (non-hydrogen) atoms. The van der Waals surface area contributed by atoms with Gasteiger partial charge < -0.3 is 10.4 Å². The van der Waals surface area contributed by atoms with E-state index in [1.54, 1.807) is 12.2 Å². The summed E-state index contributed by atoms with van der Waals surface area (Å²) in [6.07, 6.45) is 3.99. The van der Waals surface area contributed by atoms with Gasteiger partial charge in [-0.3, -0.25) is 14.9 Å². The summed E-state index contributed by atoms with van der Waals surface area (Å²) < 4.78 is 0. The summed E-state index contributed by atoms with van der Waals surface area (Å²) in [4.78, 5) is 31.5. The van der Waals surface area contributed by atoms with Gasteiger partial charge in [0.05, 0.1) is 4.92 Å². The van der Waals surface area contributed by atoms with Gasteiger partial charge in [0.15, 0.2) is 0 Å². The molecule has 0 bridgehead atoms. The first kappa shape index (κ1) is 15.4. The molecule has 0 saturated carbocycles. The Hall–Kier alpha value is -2.70. The Kier molecular flexibility index (Phi) is 5.40. The average molecular weight is 278 g/mol. The highest BCUT2D eigenvalue weighted by Gasteiger charge is 2.19. The van der Waals surface area contributed by atoms with Crippen molar-refractivity contribution in [3.63, 3.8) is 0 Å². The summed E-state index contributed by atoms with van der Waals surface area (Å²) >= 11 is 0. The van der Waals surface area contributed by atoms with Crippen LogP contribution in [0, 0.1) is 10.1 Å². The third kappa shape index (κ3) is 4.52. The minimum absolute atomic E-state index is 0.123. The van der Waals surface area contributed by atoms with Crippen LogP contribution in [-0.4, -0.2) is 28.5 Å². The standard InChI is InChI=1S/C13H14N2O5/c1-9(16)14-7-3-2-4-10-5-6-12(15(19)20)11(8-10)13(17)18/h2,4-6,8H,3,7H2,1H3,(H,14,16)(H,17,18). The molecule has 0 unspecified atom stereocenters. The largest absolute Gasteiger partial charge is 0.477 e. The lowest BCUT2D eigenvalue weighted by molar-refractivity contribution is -0.385. The molecule has 0 aliphatic heterocycles. The molecule has 1 aromatic rings. The molecule has 7 heteroatoms. The number of nitro benzene ring substituents is 1. The topological polar surface area (TPSA) is 110 Å². The average Bonchev–Trinajstić information content (AvgIpc) is 2.37. The number of carboxylic acids is 1. The van der Waals surface area contributed by atoms with Crippen molar-refractivity contribution in [3.05, 3.63) is 45.5 Å². The Morgan fingerprint density at radius 3 is 2.70 bits per heavy atom. The van der Waals surface area contributed by atoms with E-state index in [1.807, 2.05) is 0 Å². The van der Waals surface area contributed by atoms with Crippen LogP contribution in [-0.2, 0) is 4.79 Å². The van der Waals surface area contributed by atoms with E-state index in [9.17, 15) is 19.7 Å². The number of nitrogens with zero attached hydrogens (tertiary/aromatic N) is 1. The van der Waals surface area contributed by atoms with Crippen LogP contribution < -0.4 is 5.32 Å². The Morgan fingerprint density at radius 1 is 1.45 bits per heavy atom. The summed E-state index contributed by atoms with van der Waals surface area (Å²) in [6, 6.07) is 3.88. The Morgan fingerprint density at radius 2 is 2.15 bits per heavy atom. The molecule has 7 nitrogen and oxygen atoms in total. The number of nitro groups is 1. The number of carboxylic acid groups (broad SMARTS) is 1. The maximum absolute atomic E-state index is 11.0. The van der Waals surface area contributed by atoms with Gasteiger partial charge in [0, 0.05) is 19.5 Å². The molecule has 0 aliphatic carbocycles. The lowest BCUT2D eigenvalue weighted by Crippen LogP contribution is -2.20. The normalized spacial score (nSPS) is 10.4. The summed E-state index contributed by atoms with van der Waals surface area (Å²) in [7, 11) is 0. The van der Waals surface area contributed by atoms with E-state index in [4.69, 9.17) is 5.11 Å². The van der Waals surface area contributed by atoms with Gasteiger partial charge >= 0.3 is 5.97 Å². The molecular weight excluding hydrogens is 264 g/mol. The lowest BCUT2D eigenvalue weighted by Gasteiger charge is -2.00. The summed E-state index contributed by atoms with van der Waals surface area (Å²) in [5.41, 5.74) is -0.234. The first-order chi connectivity index (χ1) is 9.41. The monoisotopic (exact) mass is 278 g/mol. The Labute approximate surface area is 115 Å². The van der Waals surface area contributed by atoms with Crippen molar-refractivity contribution in [2.45, 2.75) is 13.3 Å². The molecule has 0 saturated heterocycles. The fraction of sp³-hybridized carbons (Fsp3) is 0.231. The molecule has 1 aromatic carbocycles. The van der Waals surface area contributed by atoms with Gasteiger partial charge in [-0.15, -0.1) is 0 Å². The van der Waals surface area contributed by atoms with Crippen molar-refractivity contribution in [1.29, 1.82) is 0 Å². The fourth-order valence-corrected chi connectivity index (χ4v) is 1.54. The lowest BCUT2D eigenvalue weighted by atomic mass is 10.1. The van der Waals surface area contributed by atoms with Crippen LogP contribution in [0.5, 0.6) is 0 Å². The number of carbonyl (C=O) groups is 2. The Bertz CT molecular complexity index is 566. The zero-order valence-corrected chi connectivity index (χ0v) is 10.8. The highest BCUT2D eigenvalue weighted by atomic mass is 16.6. The number of hydrogen-bond donors (Lipinski definition) is 2.